The molecule has 9 heteroatoms. The van der Waals surface area contributed by atoms with Crippen molar-refractivity contribution in [3.05, 3.63) is 65.7 Å². The van der Waals surface area contributed by atoms with Gasteiger partial charge in [0.05, 0.1) is 0 Å². The normalized spacial score (nSPS) is 22.2. The maximum Gasteiger partial charge on any atom is 0.430 e. The number of carbonyl (C=O) groups is 2. The van der Waals surface area contributed by atoms with Gasteiger partial charge in [0.1, 0.15) is 0 Å². The molecule has 2 fully saturated rings. The molecule has 2 aliphatic heterocycles. The number of nitrogen functional groups attached to an aromatic ring is 1. The van der Waals surface area contributed by atoms with E-state index >= 15 is 0 Å². The van der Waals surface area contributed by atoms with Crippen LogP contribution in [0.1, 0.15) is 36.3 Å². The Balaban J connectivity index is 1.63. The predicted molar refractivity (Wildman–Crippen MR) is 121 cm³/mol. The number of halogens is 3. The number of hydrogen-bond donors (Lipinski definition) is 2. The van der Waals surface area contributed by atoms with Crippen LogP contribution in [0, 0.1) is 5.41 Å². The molecule has 2 atom stereocenters. The third kappa shape index (κ3) is 3.91. The number of ether oxygens (including phenoxy) is 1. The first-order valence-corrected chi connectivity index (χ1v) is 11.2. The molecule has 2 aliphatic rings. The largest absolute Gasteiger partial charge is 0.430 e. The number of rotatable bonds is 4. The quantitative estimate of drug-likeness (QED) is 0.662. The molecule has 2 aromatic rings. The van der Waals surface area contributed by atoms with E-state index < -0.39 is 23.1 Å². The number of nitrogens with two attached hydrogens (primary N) is 1. The second-order valence-electron chi connectivity index (χ2n) is 9.07. The van der Waals surface area contributed by atoms with Gasteiger partial charge in [-0.05, 0) is 29.9 Å². The van der Waals surface area contributed by atoms with E-state index in [2.05, 4.69) is 5.32 Å². The molecule has 0 bridgehead atoms. The van der Waals surface area contributed by atoms with Crippen molar-refractivity contribution in [3.63, 3.8) is 0 Å². The molecule has 2 saturated heterocycles. The number of alkyl halides is 3. The molecule has 2 heterocycles. The van der Waals surface area contributed by atoms with Crippen molar-refractivity contribution < 1.29 is 27.5 Å². The number of benzene rings is 2. The summed E-state index contributed by atoms with van der Waals surface area (Å²) >= 11 is 0. The SMILES string of the molecule is CO[C@@](C(=O)N1CCC2(CC1)CC(=O)NCC2c1ccccc1N)(c1ccccc1)C(F)(F)F. The summed E-state index contributed by atoms with van der Waals surface area (Å²) in [7, 11) is 0.906. The van der Waals surface area contributed by atoms with Gasteiger partial charge in [0, 0.05) is 50.3 Å². The van der Waals surface area contributed by atoms with Gasteiger partial charge in [0.2, 0.25) is 5.91 Å². The van der Waals surface area contributed by atoms with Crippen LogP contribution in [0.15, 0.2) is 54.6 Å². The molecule has 2 amide bonds. The van der Waals surface area contributed by atoms with Gasteiger partial charge in [-0.2, -0.15) is 13.2 Å². The second-order valence-corrected chi connectivity index (χ2v) is 9.07. The van der Waals surface area contributed by atoms with Gasteiger partial charge >= 0.3 is 6.18 Å². The van der Waals surface area contributed by atoms with Crippen molar-refractivity contribution in [2.45, 2.75) is 37.0 Å². The Morgan fingerprint density at radius 3 is 2.29 bits per heavy atom. The lowest BCUT2D eigenvalue weighted by atomic mass is 9.62. The van der Waals surface area contributed by atoms with Gasteiger partial charge in [-0.3, -0.25) is 9.59 Å². The topological polar surface area (TPSA) is 84.7 Å². The fraction of sp³-hybridized carbons (Fsp3) is 0.440. The van der Waals surface area contributed by atoms with Crippen LogP contribution < -0.4 is 11.1 Å². The van der Waals surface area contributed by atoms with Crippen LogP contribution in [-0.4, -0.2) is 49.6 Å². The van der Waals surface area contributed by atoms with Crippen LogP contribution in [0.4, 0.5) is 18.9 Å². The summed E-state index contributed by atoms with van der Waals surface area (Å²) in [6, 6.07) is 14.4. The van der Waals surface area contributed by atoms with Crippen LogP contribution in [0.3, 0.4) is 0 Å². The molecule has 0 saturated carbocycles. The van der Waals surface area contributed by atoms with E-state index in [9.17, 15) is 22.8 Å². The van der Waals surface area contributed by atoms with E-state index in [4.69, 9.17) is 10.5 Å². The predicted octanol–water partition coefficient (Wildman–Crippen LogP) is 3.59. The van der Waals surface area contributed by atoms with Gasteiger partial charge in [-0.15, -0.1) is 0 Å². The molecule has 1 spiro atoms. The van der Waals surface area contributed by atoms with E-state index in [1.807, 2.05) is 18.2 Å². The fourth-order valence-electron chi connectivity index (χ4n) is 5.51. The molecule has 0 radical (unpaired) electrons. The monoisotopic (exact) mass is 475 g/mol. The van der Waals surface area contributed by atoms with E-state index in [0.29, 0.717) is 25.1 Å². The van der Waals surface area contributed by atoms with Crippen molar-refractivity contribution >= 4 is 17.5 Å². The fourth-order valence-corrected chi connectivity index (χ4v) is 5.51. The third-order valence-corrected chi connectivity index (χ3v) is 7.36. The highest BCUT2D eigenvalue weighted by Crippen LogP contribution is 2.51. The number of para-hydroxylation sites is 1. The lowest BCUT2D eigenvalue weighted by Gasteiger charge is -2.50. The Labute approximate surface area is 196 Å². The molecule has 182 valence electrons. The smallest absolute Gasteiger partial charge is 0.398 e. The number of piperidine rings is 2. The van der Waals surface area contributed by atoms with Crippen LogP contribution in [0.5, 0.6) is 0 Å². The summed E-state index contributed by atoms with van der Waals surface area (Å²) < 4.78 is 48.0. The molecule has 1 unspecified atom stereocenters. The van der Waals surface area contributed by atoms with E-state index in [1.54, 1.807) is 12.1 Å². The summed E-state index contributed by atoms with van der Waals surface area (Å²) in [5.74, 6) is -1.33. The van der Waals surface area contributed by atoms with Crippen LogP contribution in [0.2, 0.25) is 0 Å². The molecule has 6 nitrogen and oxygen atoms in total. The Kier molecular flexibility index (Phi) is 6.33. The van der Waals surface area contributed by atoms with Crippen LogP contribution >= 0.6 is 0 Å². The molecule has 3 N–H and O–H groups in total. The third-order valence-electron chi connectivity index (χ3n) is 7.36. The van der Waals surface area contributed by atoms with E-state index in [1.165, 1.54) is 29.2 Å². The molecule has 4 rings (SSSR count). The minimum Gasteiger partial charge on any atom is -0.398 e. The van der Waals surface area contributed by atoms with Gasteiger partial charge in [-0.25, -0.2) is 0 Å². The summed E-state index contributed by atoms with van der Waals surface area (Å²) in [6.07, 6.45) is -3.95. The first kappa shape index (κ1) is 24.1. The van der Waals surface area contributed by atoms with Gasteiger partial charge in [0.25, 0.3) is 11.5 Å². The molecular formula is C25H28F3N3O3. The first-order chi connectivity index (χ1) is 16.1. The molecule has 34 heavy (non-hydrogen) atoms. The standard InChI is InChI=1S/C25H28F3N3O3/c1-34-24(25(26,27)28,17-7-3-2-4-8-17)22(33)31-13-11-23(12-14-31)15-21(32)30-16-19(23)18-9-5-6-10-20(18)29/h2-10,19H,11-16,29H2,1H3,(H,30,32)/t19?,24-/m1/s1. The van der Waals surface area contributed by atoms with Gasteiger partial charge in [0.15, 0.2) is 0 Å². The summed E-state index contributed by atoms with van der Waals surface area (Å²) in [4.78, 5) is 27.0. The second kappa shape index (κ2) is 8.94. The average molecular weight is 476 g/mol. The highest BCUT2D eigenvalue weighted by molar-refractivity contribution is 5.88. The number of nitrogens with one attached hydrogen (secondary N) is 1. The van der Waals surface area contributed by atoms with Crippen molar-refractivity contribution in [1.82, 2.24) is 10.2 Å². The van der Waals surface area contributed by atoms with E-state index in [-0.39, 0.29) is 36.9 Å². The van der Waals surface area contributed by atoms with Crippen LogP contribution in [-0.2, 0) is 19.9 Å². The molecule has 0 aliphatic carbocycles. The van der Waals surface area contributed by atoms with Crippen molar-refractivity contribution in [2.75, 3.05) is 32.5 Å². The minimum absolute atomic E-state index is 0.0867. The van der Waals surface area contributed by atoms with Crippen LogP contribution in [0.25, 0.3) is 0 Å². The highest BCUT2D eigenvalue weighted by Gasteiger charge is 2.64. The summed E-state index contributed by atoms with van der Waals surface area (Å²) in [6.45, 7) is 0.572. The Bertz CT molecular complexity index is 1050. The van der Waals surface area contributed by atoms with E-state index in [0.717, 1.165) is 12.7 Å². The number of carbonyl (C=O) groups excluding carboxylic acids is 2. The number of hydrogen-bond acceptors (Lipinski definition) is 4. The number of methoxy groups -OCH3 is 1. The first-order valence-electron chi connectivity index (χ1n) is 11.2. The van der Waals surface area contributed by atoms with Crippen molar-refractivity contribution in [2.24, 2.45) is 5.41 Å². The zero-order valence-corrected chi connectivity index (χ0v) is 18.9. The lowest BCUT2D eigenvalue weighted by molar-refractivity contribution is -0.271. The average Bonchev–Trinajstić information content (AvgIpc) is 2.81. The minimum atomic E-state index is -4.96. The Hall–Kier alpha value is -3.07. The van der Waals surface area contributed by atoms with Gasteiger partial charge in [-0.1, -0.05) is 48.5 Å². The van der Waals surface area contributed by atoms with Gasteiger partial charge < -0.3 is 20.7 Å². The molecular weight excluding hydrogens is 447 g/mol. The Morgan fingerprint density at radius 2 is 1.71 bits per heavy atom. The number of likely N-dealkylation sites (tertiary alicyclic amines) is 1. The van der Waals surface area contributed by atoms with Crippen molar-refractivity contribution in [1.29, 1.82) is 0 Å². The number of anilines is 1. The zero-order chi connectivity index (χ0) is 24.6. The maximum atomic E-state index is 14.4. The zero-order valence-electron chi connectivity index (χ0n) is 18.9. The molecule has 0 aromatic heterocycles. The molecule has 2 aromatic carbocycles. The van der Waals surface area contributed by atoms with Crippen molar-refractivity contribution in [3.8, 4) is 0 Å². The highest BCUT2D eigenvalue weighted by atomic mass is 19.4. The summed E-state index contributed by atoms with van der Waals surface area (Å²) in [5.41, 5.74) is 3.90. The number of nitrogens with zero attached hydrogens (tertiary/aromatic N) is 1. The maximum absolute atomic E-state index is 14.4. The lowest BCUT2D eigenvalue weighted by Crippen LogP contribution is -2.60. The number of amides is 2. The Morgan fingerprint density at radius 1 is 1.09 bits per heavy atom. The summed E-state index contributed by atoms with van der Waals surface area (Å²) in [5, 5.41) is 2.89.